The van der Waals surface area contributed by atoms with Crippen LogP contribution < -0.4 is 59.1 Å². The van der Waals surface area contributed by atoms with Crippen LogP contribution in [0.5, 0.6) is 0 Å². The Kier molecular flexibility index (Phi) is 23.1. The molecule has 0 bridgehead atoms. The first-order valence-corrected chi connectivity index (χ1v) is 6.41. The van der Waals surface area contributed by atoms with Crippen molar-refractivity contribution in [2.75, 3.05) is 13.2 Å². The van der Waals surface area contributed by atoms with E-state index in [9.17, 15) is 0 Å². The zero-order chi connectivity index (χ0) is 12.3. The molecule has 1 fully saturated rings. The molecule has 98 valence electrons. The van der Waals surface area contributed by atoms with Gasteiger partial charge in [-0.1, -0.05) is 30.7 Å². The van der Waals surface area contributed by atoms with Crippen LogP contribution in [0.1, 0.15) is 38.5 Å². The van der Waals surface area contributed by atoms with Crippen LogP contribution in [0.4, 0.5) is 0 Å². The molecule has 1 saturated heterocycles. The minimum atomic E-state index is -5.17. The van der Waals surface area contributed by atoms with Gasteiger partial charge in [0.25, 0.3) is 0 Å². The summed E-state index contributed by atoms with van der Waals surface area (Å²) in [5, 5.41) is 4.47. The van der Waals surface area contributed by atoms with E-state index in [1.54, 1.807) is 0 Å². The number of hydrogen-bond acceptors (Lipinski definition) is 7. The third kappa shape index (κ3) is 30.6. The third-order valence-electron chi connectivity index (χ3n) is 1.80. The van der Waals surface area contributed by atoms with E-state index < -0.39 is 10.4 Å². The molecule has 1 aliphatic heterocycles. The Morgan fingerprint density at radius 1 is 0.722 bits per heavy atom. The predicted molar refractivity (Wildman–Crippen MR) is 51.2 cm³/mol. The molecule has 0 spiro atoms. The first-order valence-electron chi connectivity index (χ1n) is 5.08. The molecule has 0 radical (unpaired) electrons. The second-order valence-electron chi connectivity index (χ2n) is 3.24. The maximum absolute atomic E-state index is 8.52. The molecule has 1 aliphatic rings. The molecule has 0 atom stereocenters. The summed E-state index contributed by atoms with van der Waals surface area (Å²) >= 11 is 0. The summed E-state index contributed by atoms with van der Waals surface area (Å²) in [5.41, 5.74) is 0. The topological polar surface area (TPSA) is 108 Å². The van der Waals surface area contributed by atoms with Crippen molar-refractivity contribution >= 4 is 10.4 Å². The maximum Gasteiger partial charge on any atom is 1.00 e. The standard InChI is InChI=1S/C8H16O3.2Na.H2O4S/c1-2-4-6-8-10-11-9-7-5-3-1;;;1-5(2,3)4/h1-8H2;;;(H2,1,2,3,4)/q;2*+1;/p-2. The number of hydrogen-bond donors (Lipinski definition) is 0. The molecule has 7 nitrogen and oxygen atoms in total. The summed E-state index contributed by atoms with van der Waals surface area (Å²) in [4.78, 5) is 9.49. The maximum atomic E-state index is 8.52. The Labute approximate surface area is 152 Å². The van der Waals surface area contributed by atoms with E-state index in [-0.39, 0.29) is 59.1 Å². The SMILES string of the molecule is C1CCCCOOOCCC1.O=S(=O)([O-])[O-].[Na+].[Na+]. The normalized spacial score (nSPS) is 17.9. The molecule has 18 heavy (non-hydrogen) atoms. The van der Waals surface area contributed by atoms with Crippen molar-refractivity contribution in [1.29, 1.82) is 0 Å². The summed E-state index contributed by atoms with van der Waals surface area (Å²) in [6.07, 6.45) is 7.24. The van der Waals surface area contributed by atoms with Gasteiger partial charge in [-0.05, 0) is 12.8 Å². The average Bonchev–Trinajstić information content (AvgIpc) is 2.20. The van der Waals surface area contributed by atoms with Crippen LogP contribution in [-0.4, -0.2) is 30.7 Å². The molecule has 0 aromatic rings. The summed E-state index contributed by atoms with van der Waals surface area (Å²) in [7, 11) is -5.17. The van der Waals surface area contributed by atoms with E-state index >= 15 is 0 Å². The van der Waals surface area contributed by atoms with Crippen molar-refractivity contribution in [3.8, 4) is 0 Å². The predicted octanol–water partition coefficient (Wildman–Crippen LogP) is -5.11. The average molecular weight is 302 g/mol. The Bertz CT molecular complexity index is 202. The van der Waals surface area contributed by atoms with E-state index in [1.807, 2.05) is 0 Å². The van der Waals surface area contributed by atoms with Gasteiger partial charge in [-0.2, -0.15) is 0 Å². The second-order valence-corrected chi connectivity index (χ2v) is 4.06. The molecular formula is C8H16Na2O7S. The van der Waals surface area contributed by atoms with Gasteiger partial charge in [0.1, 0.15) is 0 Å². The van der Waals surface area contributed by atoms with Gasteiger partial charge in [0.15, 0.2) is 0 Å². The van der Waals surface area contributed by atoms with Crippen LogP contribution in [0.3, 0.4) is 0 Å². The van der Waals surface area contributed by atoms with E-state index in [0.29, 0.717) is 13.2 Å². The smallest absolute Gasteiger partial charge is 0.759 e. The van der Waals surface area contributed by atoms with Gasteiger partial charge in [-0.3, -0.25) is 8.42 Å². The summed E-state index contributed by atoms with van der Waals surface area (Å²) in [6, 6.07) is 0. The molecule has 0 saturated carbocycles. The molecule has 1 rings (SSSR count). The van der Waals surface area contributed by atoms with Crippen molar-refractivity contribution in [2.24, 2.45) is 0 Å². The fourth-order valence-corrected chi connectivity index (χ4v) is 1.13. The van der Waals surface area contributed by atoms with Gasteiger partial charge < -0.3 is 9.11 Å². The van der Waals surface area contributed by atoms with E-state index in [4.69, 9.17) is 27.3 Å². The Morgan fingerprint density at radius 3 is 1.33 bits per heavy atom. The zero-order valence-electron chi connectivity index (χ0n) is 10.9. The largest absolute Gasteiger partial charge is 1.00 e. The van der Waals surface area contributed by atoms with Crippen LogP contribution in [0.15, 0.2) is 0 Å². The molecule has 10 heteroatoms. The van der Waals surface area contributed by atoms with Crippen LogP contribution in [0, 0.1) is 0 Å². The first-order chi connectivity index (χ1) is 7.50. The molecule has 0 aliphatic carbocycles. The van der Waals surface area contributed by atoms with Gasteiger partial charge in [-0.25, -0.2) is 9.78 Å². The van der Waals surface area contributed by atoms with Crippen LogP contribution in [-0.2, 0) is 25.2 Å². The molecule has 0 aromatic heterocycles. The van der Waals surface area contributed by atoms with Crippen LogP contribution >= 0.6 is 0 Å². The summed E-state index contributed by atoms with van der Waals surface area (Å²) in [5.74, 6) is 0. The Morgan fingerprint density at radius 2 is 1.00 bits per heavy atom. The Hall–Kier alpha value is 1.75. The molecular weight excluding hydrogens is 286 g/mol. The zero-order valence-corrected chi connectivity index (χ0v) is 15.7. The minimum Gasteiger partial charge on any atom is -0.759 e. The van der Waals surface area contributed by atoms with E-state index in [2.05, 4.69) is 5.04 Å². The van der Waals surface area contributed by atoms with Gasteiger partial charge in [0, 0.05) is 10.4 Å². The Balaban J connectivity index is -0.000000282. The van der Waals surface area contributed by atoms with Gasteiger partial charge in [0.05, 0.1) is 13.2 Å². The minimum absolute atomic E-state index is 0. The molecule has 0 unspecified atom stereocenters. The molecule has 0 aromatic carbocycles. The van der Waals surface area contributed by atoms with Gasteiger partial charge in [0.2, 0.25) is 0 Å². The second kappa shape index (κ2) is 16.8. The molecule has 1 heterocycles. The van der Waals surface area contributed by atoms with Crippen LogP contribution in [0.2, 0.25) is 0 Å². The molecule has 0 N–H and O–H groups in total. The van der Waals surface area contributed by atoms with Crippen molar-refractivity contribution < 1.29 is 91.5 Å². The number of rotatable bonds is 0. The quantitative estimate of drug-likeness (QED) is 0.191. The van der Waals surface area contributed by atoms with Crippen molar-refractivity contribution in [1.82, 2.24) is 0 Å². The van der Waals surface area contributed by atoms with Gasteiger partial charge >= 0.3 is 59.1 Å². The van der Waals surface area contributed by atoms with Crippen LogP contribution in [0.25, 0.3) is 0 Å². The monoisotopic (exact) mass is 302 g/mol. The summed E-state index contributed by atoms with van der Waals surface area (Å²) in [6.45, 7) is 1.31. The third-order valence-corrected chi connectivity index (χ3v) is 1.80. The first kappa shape index (κ1) is 24.7. The molecule has 0 amide bonds. The van der Waals surface area contributed by atoms with Gasteiger partial charge in [-0.15, -0.1) is 0 Å². The van der Waals surface area contributed by atoms with E-state index in [0.717, 1.165) is 12.8 Å². The fraction of sp³-hybridized carbons (Fsp3) is 1.00. The fourth-order valence-electron chi connectivity index (χ4n) is 1.13. The van der Waals surface area contributed by atoms with Crippen molar-refractivity contribution in [3.63, 3.8) is 0 Å². The van der Waals surface area contributed by atoms with Crippen molar-refractivity contribution in [2.45, 2.75) is 38.5 Å². The van der Waals surface area contributed by atoms with E-state index in [1.165, 1.54) is 25.7 Å². The van der Waals surface area contributed by atoms with Crippen molar-refractivity contribution in [3.05, 3.63) is 0 Å². The summed E-state index contributed by atoms with van der Waals surface area (Å²) < 4.78 is 34.1.